The molecule has 0 saturated carbocycles. The quantitative estimate of drug-likeness (QED) is 0.914. The summed E-state index contributed by atoms with van der Waals surface area (Å²) in [6.07, 6.45) is 0.988. The van der Waals surface area contributed by atoms with E-state index in [0.717, 1.165) is 22.7 Å². The second-order valence-corrected chi connectivity index (χ2v) is 5.24. The van der Waals surface area contributed by atoms with Crippen LogP contribution in [0.1, 0.15) is 30.5 Å². The third-order valence-corrected chi connectivity index (χ3v) is 4.03. The minimum Gasteiger partial charge on any atom is -0.330 e. The van der Waals surface area contributed by atoms with Gasteiger partial charge in [-0.3, -0.25) is 0 Å². The van der Waals surface area contributed by atoms with Gasteiger partial charge >= 0.3 is 0 Å². The Morgan fingerprint density at radius 1 is 1.44 bits per heavy atom. The van der Waals surface area contributed by atoms with Crippen LogP contribution in [0.3, 0.4) is 0 Å². The van der Waals surface area contributed by atoms with Crippen LogP contribution >= 0.6 is 11.3 Å². The zero-order chi connectivity index (χ0) is 13.1. The van der Waals surface area contributed by atoms with E-state index >= 15 is 0 Å². The van der Waals surface area contributed by atoms with E-state index in [9.17, 15) is 4.39 Å². The highest BCUT2D eigenvalue weighted by atomic mass is 32.1. The summed E-state index contributed by atoms with van der Waals surface area (Å²) in [7, 11) is 0. The van der Waals surface area contributed by atoms with Crippen LogP contribution in [-0.2, 0) is 0 Å². The van der Waals surface area contributed by atoms with Crippen LogP contribution in [0, 0.1) is 12.7 Å². The third kappa shape index (κ3) is 2.60. The fraction of sp³-hybridized carbons (Fsp3) is 0.357. The van der Waals surface area contributed by atoms with Gasteiger partial charge in [0.25, 0.3) is 0 Å². The summed E-state index contributed by atoms with van der Waals surface area (Å²) in [5.74, 6) is 0.139. The van der Waals surface area contributed by atoms with E-state index in [1.54, 1.807) is 24.3 Å². The highest BCUT2D eigenvalue weighted by Crippen LogP contribution is 2.28. The molecule has 1 unspecified atom stereocenters. The van der Waals surface area contributed by atoms with Gasteiger partial charge in [0.1, 0.15) is 10.8 Å². The first-order valence-corrected chi connectivity index (χ1v) is 6.95. The Bertz CT molecular complexity index is 532. The summed E-state index contributed by atoms with van der Waals surface area (Å²) in [5.41, 5.74) is 8.38. The fourth-order valence-electron chi connectivity index (χ4n) is 1.88. The number of hydrogen-bond donors (Lipinski definition) is 1. The number of aryl methyl sites for hydroxylation is 1. The summed E-state index contributed by atoms with van der Waals surface area (Å²) in [6.45, 7) is 4.49. The molecule has 2 nitrogen and oxygen atoms in total. The molecular formula is C14H17FN2S. The second-order valence-electron chi connectivity index (χ2n) is 4.38. The summed E-state index contributed by atoms with van der Waals surface area (Å²) in [6, 6.07) is 5.10. The topological polar surface area (TPSA) is 38.9 Å². The molecule has 1 aromatic heterocycles. The molecule has 2 rings (SSSR count). The van der Waals surface area contributed by atoms with Crippen molar-refractivity contribution in [3.63, 3.8) is 0 Å². The molecule has 0 bridgehead atoms. The Kier molecular flexibility index (Phi) is 4.09. The van der Waals surface area contributed by atoms with E-state index in [4.69, 9.17) is 5.73 Å². The molecular weight excluding hydrogens is 247 g/mol. The number of benzene rings is 1. The number of hydrogen-bond acceptors (Lipinski definition) is 3. The van der Waals surface area contributed by atoms with Gasteiger partial charge in [0, 0.05) is 23.4 Å². The highest BCUT2D eigenvalue weighted by Gasteiger charge is 2.13. The SMILES string of the molecule is CCC(CN)c1csc(-c2ccc(F)c(C)c2)n1. The molecule has 0 fully saturated rings. The number of nitrogens with two attached hydrogens (primary N) is 1. The van der Waals surface area contributed by atoms with Crippen molar-refractivity contribution >= 4 is 11.3 Å². The van der Waals surface area contributed by atoms with Crippen molar-refractivity contribution in [3.05, 3.63) is 40.7 Å². The van der Waals surface area contributed by atoms with Crippen LogP contribution in [0.2, 0.25) is 0 Å². The van der Waals surface area contributed by atoms with Crippen LogP contribution in [-0.4, -0.2) is 11.5 Å². The van der Waals surface area contributed by atoms with Gasteiger partial charge < -0.3 is 5.73 Å². The zero-order valence-corrected chi connectivity index (χ0v) is 11.4. The Balaban J connectivity index is 2.31. The van der Waals surface area contributed by atoms with Crippen molar-refractivity contribution in [2.45, 2.75) is 26.2 Å². The number of aromatic nitrogens is 1. The molecule has 0 amide bonds. The molecule has 1 aromatic carbocycles. The lowest BCUT2D eigenvalue weighted by Crippen LogP contribution is -2.11. The number of thiazole rings is 1. The van der Waals surface area contributed by atoms with E-state index in [1.807, 2.05) is 6.07 Å². The first-order chi connectivity index (χ1) is 8.65. The van der Waals surface area contributed by atoms with E-state index in [2.05, 4.69) is 17.3 Å². The smallest absolute Gasteiger partial charge is 0.126 e. The van der Waals surface area contributed by atoms with E-state index < -0.39 is 0 Å². The Labute approximate surface area is 111 Å². The minimum atomic E-state index is -0.177. The fourth-order valence-corrected chi connectivity index (χ4v) is 2.78. The highest BCUT2D eigenvalue weighted by molar-refractivity contribution is 7.13. The molecule has 1 atom stereocenters. The Hall–Kier alpha value is -1.26. The number of nitrogens with zero attached hydrogens (tertiary/aromatic N) is 1. The molecule has 0 aliphatic carbocycles. The van der Waals surface area contributed by atoms with Crippen molar-refractivity contribution in [3.8, 4) is 10.6 Å². The number of rotatable bonds is 4. The van der Waals surface area contributed by atoms with E-state index in [1.165, 1.54) is 6.07 Å². The molecule has 1 heterocycles. The van der Waals surface area contributed by atoms with Gasteiger partial charge in [-0.05, 0) is 37.1 Å². The van der Waals surface area contributed by atoms with Gasteiger partial charge in [-0.2, -0.15) is 0 Å². The molecule has 0 aliphatic rings. The van der Waals surface area contributed by atoms with Gasteiger partial charge in [-0.15, -0.1) is 11.3 Å². The molecule has 4 heteroatoms. The molecule has 2 N–H and O–H groups in total. The monoisotopic (exact) mass is 264 g/mol. The van der Waals surface area contributed by atoms with E-state index in [0.29, 0.717) is 18.0 Å². The Morgan fingerprint density at radius 2 is 2.22 bits per heavy atom. The van der Waals surface area contributed by atoms with Gasteiger partial charge in [0.15, 0.2) is 0 Å². The lowest BCUT2D eigenvalue weighted by molar-refractivity contribution is 0.619. The molecule has 0 aliphatic heterocycles. The van der Waals surface area contributed by atoms with Gasteiger partial charge in [0.05, 0.1) is 5.69 Å². The van der Waals surface area contributed by atoms with Gasteiger partial charge in [-0.1, -0.05) is 6.92 Å². The molecule has 2 aromatic rings. The average molecular weight is 264 g/mol. The maximum absolute atomic E-state index is 13.2. The maximum atomic E-state index is 13.2. The maximum Gasteiger partial charge on any atom is 0.126 e. The predicted octanol–water partition coefficient (Wildman–Crippen LogP) is 3.71. The average Bonchev–Trinajstić information content (AvgIpc) is 2.84. The second kappa shape index (κ2) is 5.59. The minimum absolute atomic E-state index is 0.177. The van der Waals surface area contributed by atoms with Crippen molar-refractivity contribution in [2.24, 2.45) is 5.73 Å². The van der Waals surface area contributed by atoms with Crippen molar-refractivity contribution in [1.29, 1.82) is 0 Å². The van der Waals surface area contributed by atoms with Crippen LogP contribution in [0.4, 0.5) is 4.39 Å². The first kappa shape index (κ1) is 13.2. The molecule has 96 valence electrons. The van der Waals surface area contributed by atoms with Crippen LogP contribution < -0.4 is 5.73 Å². The predicted molar refractivity (Wildman–Crippen MR) is 74.3 cm³/mol. The first-order valence-electron chi connectivity index (χ1n) is 6.07. The summed E-state index contributed by atoms with van der Waals surface area (Å²) in [4.78, 5) is 4.61. The number of halogens is 1. The zero-order valence-electron chi connectivity index (χ0n) is 10.6. The van der Waals surface area contributed by atoms with Crippen molar-refractivity contribution in [2.75, 3.05) is 6.54 Å². The summed E-state index contributed by atoms with van der Waals surface area (Å²) >= 11 is 1.59. The largest absolute Gasteiger partial charge is 0.330 e. The molecule has 0 saturated heterocycles. The lowest BCUT2D eigenvalue weighted by atomic mass is 10.0. The van der Waals surface area contributed by atoms with Gasteiger partial charge in [0.2, 0.25) is 0 Å². The molecule has 18 heavy (non-hydrogen) atoms. The molecule has 0 radical (unpaired) electrons. The molecule has 0 spiro atoms. The van der Waals surface area contributed by atoms with Crippen LogP contribution in [0.25, 0.3) is 10.6 Å². The Morgan fingerprint density at radius 3 is 2.83 bits per heavy atom. The lowest BCUT2D eigenvalue weighted by Gasteiger charge is -2.07. The normalized spacial score (nSPS) is 12.7. The van der Waals surface area contributed by atoms with Crippen molar-refractivity contribution in [1.82, 2.24) is 4.98 Å². The standard InChI is InChI=1S/C14H17FN2S/c1-3-10(7-16)13-8-18-14(17-13)11-4-5-12(15)9(2)6-11/h4-6,8,10H,3,7,16H2,1-2H3. The van der Waals surface area contributed by atoms with E-state index in [-0.39, 0.29) is 5.82 Å². The van der Waals surface area contributed by atoms with Crippen molar-refractivity contribution < 1.29 is 4.39 Å². The van der Waals surface area contributed by atoms with Crippen LogP contribution in [0.15, 0.2) is 23.6 Å². The summed E-state index contributed by atoms with van der Waals surface area (Å²) < 4.78 is 13.2. The van der Waals surface area contributed by atoms with Crippen LogP contribution in [0.5, 0.6) is 0 Å². The summed E-state index contributed by atoms with van der Waals surface area (Å²) in [5, 5.41) is 2.98. The van der Waals surface area contributed by atoms with Gasteiger partial charge in [-0.25, -0.2) is 9.37 Å². The third-order valence-electron chi connectivity index (χ3n) is 3.12.